The summed E-state index contributed by atoms with van der Waals surface area (Å²) in [7, 11) is 0. The molecular formula is C9H18ClNS. The van der Waals surface area contributed by atoms with Crippen LogP contribution in [0.3, 0.4) is 0 Å². The van der Waals surface area contributed by atoms with Crippen LogP contribution in [-0.2, 0) is 0 Å². The number of alkyl halides is 1. The first-order valence-corrected chi connectivity index (χ1v) is 6.51. The maximum atomic E-state index is 6.12. The van der Waals surface area contributed by atoms with Crippen molar-refractivity contribution in [2.24, 2.45) is 5.92 Å². The first-order chi connectivity index (χ1) is 5.84. The third-order valence-electron chi connectivity index (χ3n) is 2.17. The van der Waals surface area contributed by atoms with Crippen LogP contribution in [0.5, 0.6) is 0 Å². The Morgan fingerprint density at radius 2 is 2.33 bits per heavy atom. The van der Waals surface area contributed by atoms with Crippen LogP contribution in [0.1, 0.15) is 19.3 Å². The van der Waals surface area contributed by atoms with Gasteiger partial charge in [0.1, 0.15) is 0 Å². The molecule has 1 fully saturated rings. The third kappa shape index (κ3) is 4.58. The average molecular weight is 208 g/mol. The molecule has 0 radical (unpaired) electrons. The molecule has 0 aliphatic heterocycles. The summed E-state index contributed by atoms with van der Waals surface area (Å²) in [6.45, 7) is 2.12. The topological polar surface area (TPSA) is 12.0 Å². The molecule has 0 aromatic heterocycles. The normalized spacial score (nSPS) is 19.5. The van der Waals surface area contributed by atoms with Crippen molar-refractivity contribution in [3.05, 3.63) is 0 Å². The lowest BCUT2D eigenvalue weighted by molar-refractivity contribution is 0.616. The molecule has 1 aliphatic rings. The zero-order valence-electron chi connectivity index (χ0n) is 7.68. The second kappa shape index (κ2) is 6.11. The Morgan fingerprint density at radius 3 is 2.92 bits per heavy atom. The van der Waals surface area contributed by atoms with Gasteiger partial charge in [0, 0.05) is 11.9 Å². The van der Waals surface area contributed by atoms with E-state index in [-0.39, 0.29) is 0 Å². The van der Waals surface area contributed by atoms with E-state index in [1.54, 1.807) is 0 Å². The summed E-state index contributed by atoms with van der Waals surface area (Å²) in [6, 6.07) is 0. The minimum Gasteiger partial charge on any atom is -0.315 e. The van der Waals surface area contributed by atoms with E-state index in [1.165, 1.54) is 25.0 Å². The van der Waals surface area contributed by atoms with Gasteiger partial charge in [-0.2, -0.15) is 11.8 Å². The van der Waals surface area contributed by atoms with Crippen LogP contribution < -0.4 is 5.32 Å². The highest BCUT2D eigenvalue weighted by atomic mass is 35.5. The van der Waals surface area contributed by atoms with Gasteiger partial charge in [-0.15, -0.1) is 11.6 Å². The Bertz CT molecular complexity index is 117. The molecule has 0 aromatic rings. The summed E-state index contributed by atoms with van der Waals surface area (Å²) in [6.07, 6.45) is 6.10. The van der Waals surface area contributed by atoms with Crippen molar-refractivity contribution in [2.75, 3.05) is 25.1 Å². The number of nitrogens with one attached hydrogen (secondary N) is 1. The maximum absolute atomic E-state index is 6.12. The van der Waals surface area contributed by atoms with Gasteiger partial charge in [-0.25, -0.2) is 0 Å². The van der Waals surface area contributed by atoms with E-state index >= 15 is 0 Å². The Kier molecular flexibility index (Phi) is 5.44. The first kappa shape index (κ1) is 10.7. The van der Waals surface area contributed by atoms with Crippen LogP contribution in [-0.4, -0.2) is 30.5 Å². The molecule has 1 atom stereocenters. The SMILES string of the molecule is CSCCCNCC(Cl)C1CC1. The van der Waals surface area contributed by atoms with Crippen molar-refractivity contribution in [1.29, 1.82) is 0 Å². The third-order valence-corrected chi connectivity index (χ3v) is 3.38. The summed E-state index contributed by atoms with van der Waals surface area (Å²) in [5.41, 5.74) is 0. The highest BCUT2D eigenvalue weighted by molar-refractivity contribution is 7.98. The molecule has 1 rings (SSSR count). The van der Waals surface area contributed by atoms with Crippen molar-refractivity contribution in [1.82, 2.24) is 5.32 Å². The van der Waals surface area contributed by atoms with Crippen LogP contribution in [0.2, 0.25) is 0 Å². The van der Waals surface area contributed by atoms with Gasteiger partial charge in [0.25, 0.3) is 0 Å². The van der Waals surface area contributed by atoms with Crippen molar-refractivity contribution >= 4 is 23.4 Å². The fourth-order valence-corrected chi connectivity index (χ4v) is 2.00. The van der Waals surface area contributed by atoms with E-state index in [1.807, 2.05) is 11.8 Å². The van der Waals surface area contributed by atoms with Gasteiger partial charge in [0.15, 0.2) is 0 Å². The predicted octanol–water partition coefficient (Wildman–Crippen LogP) is 2.35. The Hall–Kier alpha value is 0.600. The Morgan fingerprint density at radius 1 is 1.58 bits per heavy atom. The molecule has 0 amide bonds. The lowest BCUT2D eigenvalue weighted by atomic mass is 10.3. The second-order valence-corrected chi connectivity index (χ2v) is 4.95. The summed E-state index contributed by atoms with van der Waals surface area (Å²) in [4.78, 5) is 0. The van der Waals surface area contributed by atoms with E-state index in [2.05, 4.69) is 11.6 Å². The van der Waals surface area contributed by atoms with Gasteiger partial charge < -0.3 is 5.32 Å². The summed E-state index contributed by atoms with van der Waals surface area (Å²) >= 11 is 8.03. The number of halogens is 1. The quantitative estimate of drug-likeness (QED) is 0.508. The zero-order chi connectivity index (χ0) is 8.81. The minimum atomic E-state index is 0.388. The minimum absolute atomic E-state index is 0.388. The zero-order valence-corrected chi connectivity index (χ0v) is 9.26. The van der Waals surface area contributed by atoms with Gasteiger partial charge in [-0.05, 0) is 43.7 Å². The van der Waals surface area contributed by atoms with Crippen molar-refractivity contribution in [3.63, 3.8) is 0 Å². The molecule has 0 aromatic carbocycles. The molecular weight excluding hydrogens is 190 g/mol. The van der Waals surface area contributed by atoms with Crippen LogP contribution in [0.15, 0.2) is 0 Å². The Labute approximate surface area is 84.6 Å². The highest BCUT2D eigenvalue weighted by Gasteiger charge is 2.28. The van der Waals surface area contributed by atoms with Crippen LogP contribution >= 0.6 is 23.4 Å². The van der Waals surface area contributed by atoms with Gasteiger partial charge in [0.05, 0.1) is 0 Å². The predicted molar refractivity (Wildman–Crippen MR) is 58.2 cm³/mol. The van der Waals surface area contributed by atoms with Gasteiger partial charge in [-0.3, -0.25) is 0 Å². The van der Waals surface area contributed by atoms with Crippen LogP contribution in [0, 0.1) is 5.92 Å². The molecule has 3 heteroatoms. The lowest BCUT2D eigenvalue weighted by Crippen LogP contribution is -2.25. The first-order valence-electron chi connectivity index (χ1n) is 4.68. The fraction of sp³-hybridized carbons (Fsp3) is 1.00. The number of rotatable bonds is 7. The molecule has 0 heterocycles. The van der Waals surface area contributed by atoms with Crippen molar-refractivity contribution < 1.29 is 0 Å². The van der Waals surface area contributed by atoms with Gasteiger partial charge in [-0.1, -0.05) is 0 Å². The monoisotopic (exact) mass is 207 g/mol. The number of hydrogen-bond acceptors (Lipinski definition) is 2. The molecule has 0 bridgehead atoms. The second-order valence-electron chi connectivity index (χ2n) is 3.40. The van der Waals surface area contributed by atoms with Gasteiger partial charge >= 0.3 is 0 Å². The smallest absolute Gasteiger partial charge is 0.0488 e. The van der Waals surface area contributed by atoms with Crippen LogP contribution in [0.4, 0.5) is 0 Å². The Balaban J connectivity index is 1.81. The standard InChI is InChI=1S/C9H18ClNS/c1-12-6-2-5-11-7-9(10)8-3-4-8/h8-9,11H,2-7H2,1H3. The largest absolute Gasteiger partial charge is 0.315 e. The molecule has 0 spiro atoms. The number of hydrogen-bond donors (Lipinski definition) is 1. The maximum Gasteiger partial charge on any atom is 0.0488 e. The molecule has 1 saturated carbocycles. The number of thioether (sulfide) groups is 1. The van der Waals surface area contributed by atoms with E-state index in [9.17, 15) is 0 Å². The summed E-state index contributed by atoms with van der Waals surface area (Å²) in [5, 5.41) is 3.78. The molecule has 1 unspecified atom stereocenters. The molecule has 72 valence electrons. The molecule has 1 N–H and O–H groups in total. The van der Waals surface area contributed by atoms with E-state index in [0.717, 1.165) is 19.0 Å². The fourth-order valence-electron chi connectivity index (χ4n) is 1.21. The molecule has 1 nitrogen and oxygen atoms in total. The van der Waals surface area contributed by atoms with E-state index in [4.69, 9.17) is 11.6 Å². The van der Waals surface area contributed by atoms with Crippen LogP contribution in [0.25, 0.3) is 0 Å². The van der Waals surface area contributed by atoms with E-state index in [0.29, 0.717) is 5.38 Å². The highest BCUT2D eigenvalue weighted by Crippen LogP contribution is 2.35. The summed E-state index contributed by atoms with van der Waals surface area (Å²) < 4.78 is 0. The van der Waals surface area contributed by atoms with Crippen molar-refractivity contribution in [3.8, 4) is 0 Å². The molecule has 0 saturated heterocycles. The molecule has 1 aliphatic carbocycles. The van der Waals surface area contributed by atoms with Crippen molar-refractivity contribution in [2.45, 2.75) is 24.6 Å². The van der Waals surface area contributed by atoms with E-state index < -0.39 is 0 Å². The summed E-state index contributed by atoms with van der Waals surface area (Å²) in [5.74, 6) is 2.07. The molecule has 12 heavy (non-hydrogen) atoms. The van der Waals surface area contributed by atoms with Gasteiger partial charge in [0.2, 0.25) is 0 Å². The average Bonchev–Trinajstić information content (AvgIpc) is 2.86. The lowest BCUT2D eigenvalue weighted by Gasteiger charge is -2.08.